The molecule has 0 radical (unpaired) electrons. The molecule has 0 amide bonds. The van der Waals surface area contributed by atoms with Crippen LogP contribution in [0.5, 0.6) is 0 Å². The number of thiazole rings is 1. The molecular weight excluding hydrogens is 495 g/mol. The van der Waals surface area contributed by atoms with E-state index in [0.29, 0.717) is 17.5 Å². The van der Waals surface area contributed by atoms with E-state index in [-0.39, 0.29) is 41.8 Å². The summed E-state index contributed by atoms with van der Waals surface area (Å²) in [4.78, 5) is 7.62. The number of aliphatic imine (C=N–C) groups is 1. The number of nitrogens with zero attached hydrogens (tertiary/aromatic N) is 2. The van der Waals surface area contributed by atoms with E-state index in [0.717, 1.165) is 22.3 Å². The largest absolute Gasteiger partial charge is 0.434 e. The molecule has 2 rings (SSSR count). The molecule has 0 spiro atoms. The minimum absolute atomic E-state index is 0. The molecule has 1 heterocycles. The van der Waals surface area contributed by atoms with Crippen LogP contribution in [0, 0.1) is 5.82 Å². The van der Waals surface area contributed by atoms with Crippen molar-refractivity contribution < 1.29 is 17.6 Å². The number of nitrogens with one attached hydrogen (secondary N) is 2. The molecule has 0 fully saturated rings. The zero-order valence-electron chi connectivity index (χ0n) is 15.0. The Balaban J connectivity index is 0.00000364. The van der Waals surface area contributed by atoms with Crippen LogP contribution in [0.2, 0.25) is 0 Å². The Morgan fingerprint density at radius 2 is 1.78 bits per heavy atom. The number of rotatable bonds is 5. The van der Waals surface area contributed by atoms with Crippen molar-refractivity contribution in [1.82, 2.24) is 15.6 Å². The summed E-state index contributed by atoms with van der Waals surface area (Å²) in [5, 5.41) is 7.38. The lowest BCUT2D eigenvalue weighted by Gasteiger charge is -2.26. The van der Waals surface area contributed by atoms with Crippen LogP contribution in [0.15, 0.2) is 34.6 Å². The normalized spacial score (nSPS) is 12.5. The molecular formula is C17H21F4IN4S. The van der Waals surface area contributed by atoms with E-state index in [1.54, 1.807) is 19.2 Å². The van der Waals surface area contributed by atoms with E-state index >= 15 is 0 Å². The van der Waals surface area contributed by atoms with Gasteiger partial charge >= 0.3 is 6.18 Å². The first-order chi connectivity index (χ1) is 12.1. The van der Waals surface area contributed by atoms with Crippen molar-refractivity contribution in [2.45, 2.75) is 32.0 Å². The standard InChI is InChI=1S/C17H20F4N4S.HI/c1-16(2,11-4-6-12(18)7-5-11)10-24-15(22-3)23-8-14-25-13(9-26-14)17(19,20)21;/h4-7,9H,8,10H2,1-3H3,(H2,22,23,24);1H. The van der Waals surface area contributed by atoms with Gasteiger partial charge in [0, 0.05) is 24.4 Å². The van der Waals surface area contributed by atoms with Crippen LogP contribution in [-0.4, -0.2) is 24.5 Å². The van der Waals surface area contributed by atoms with Crippen LogP contribution in [0.4, 0.5) is 17.6 Å². The molecule has 0 aliphatic heterocycles. The smallest absolute Gasteiger partial charge is 0.356 e. The second-order valence-corrected chi connectivity index (χ2v) is 7.24. The first-order valence-corrected chi connectivity index (χ1v) is 8.72. The van der Waals surface area contributed by atoms with Crippen molar-refractivity contribution in [3.63, 3.8) is 0 Å². The van der Waals surface area contributed by atoms with E-state index in [2.05, 4.69) is 20.6 Å². The predicted molar refractivity (Wildman–Crippen MR) is 110 cm³/mol. The van der Waals surface area contributed by atoms with Crippen LogP contribution in [-0.2, 0) is 18.1 Å². The van der Waals surface area contributed by atoms with E-state index in [4.69, 9.17) is 0 Å². The Kier molecular flexibility index (Phi) is 8.46. The fraction of sp³-hybridized carbons (Fsp3) is 0.412. The second kappa shape index (κ2) is 9.67. The van der Waals surface area contributed by atoms with Gasteiger partial charge in [0.1, 0.15) is 10.8 Å². The van der Waals surface area contributed by atoms with Crippen molar-refractivity contribution in [2.75, 3.05) is 13.6 Å². The summed E-state index contributed by atoms with van der Waals surface area (Å²) in [5.41, 5.74) is -0.230. The molecule has 0 saturated carbocycles. The molecule has 0 aliphatic rings. The topological polar surface area (TPSA) is 49.3 Å². The number of alkyl halides is 3. The van der Waals surface area contributed by atoms with Gasteiger partial charge in [-0.15, -0.1) is 35.3 Å². The molecule has 10 heteroatoms. The summed E-state index contributed by atoms with van der Waals surface area (Å²) in [6.07, 6.45) is -4.44. The lowest BCUT2D eigenvalue weighted by molar-refractivity contribution is -0.140. The van der Waals surface area contributed by atoms with E-state index in [1.807, 2.05) is 13.8 Å². The fourth-order valence-corrected chi connectivity index (χ4v) is 2.95. The molecule has 2 N–H and O–H groups in total. The highest BCUT2D eigenvalue weighted by Gasteiger charge is 2.33. The number of halogens is 5. The second-order valence-electron chi connectivity index (χ2n) is 6.29. The molecule has 0 atom stereocenters. The van der Waals surface area contributed by atoms with Gasteiger partial charge in [-0.2, -0.15) is 13.2 Å². The Morgan fingerprint density at radius 1 is 1.15 bits per heavy atom. The van der Waals surface area contributed by atoms with Crippen molar-refractivity contribution in [1.29, 1.82) is 0 Å². The van der Waals surface area contributed by atoms with Crippen LogP contribution in [0.25, 0.3) is 0 Å². The van der Waals surface area contributed by atoms with Gasteiger partial charge in [0.05, 0.1) is 6.54 Å². The minimum Gasteiger partial charge on any atom is -0.356 e. The zero-order chi connectivity index (χ0) is 19.4. The third-order valence-electron chi connectivity index (χ3n) is 3.80. The summed E-state index contributed by atoms with van der Waals surface area (Å²) in [7, 11) is 1.57. The monoisotopic (exact) mass is 516 g/mol. The van der Waals surface area contributed by atoms with Crippen LogP contribution < -0.4 is 10.6 Å². The summed E-state index contributed by atoms with van der Waals surface area (Å²) in [6.45, 7) is 4.63. The Hall–Kier alpha value is -1.43. The molecule has 0 saturated heterocycles. The number of hydrogen-bond donors (Lipinski definition) is 2. The summed E-state index contributed by atoms with van der Waals surface area (Å²) in [5.74, 6) is 0.153. The molecule has 0 bridgehead atoms. The number of hydrogen-bond acceptors (Lipinski definition) is 3. The molecule has 0 aliphatic carbocycles. The van der Waals surface area contributed by atoms with Crippen LogP contribution >= 0.6 is 35.3 Å². The van der Waals surface area contributed by atoms with Crippen LogP contribution in [0.1, 0.15) is 30.1 Å². The van der Waals surface area contributed by atoms with Crippen molar-refractivity contribution in [2.24, 2.45) is 4.99 Å². The zero-order valence-corrected chi connectivity index (χ0v) is 18.2. The number of aromatic nitrogens is 1. The van der Waals surface area contributed by atoms with Gasteiger partial charge < -0.3 is 10.6 Å². The van der Waals surface area contributed by atoms with Gasteiger partial charge in [-0.1, -0.05) is 26.0 Å². The Morgan fingerprint density at radius 3 is 2.30 bits per heavy atom. The van der Waals surface area contributed by atoms with Crippen molar-refractivity contribution in [3.05, 3.63) is 51.7 Å². The summed E-state index contributed by atoms with van der Waals surface area (Å²) < 4.78 is 50.8. The third-order valence-corrected chi connectivity index (χ3v) is 4.65. The minimum atomic E-state index is -4.44. The molecule has 2 aromatic rings. The Labute approximate surface area is 176 Å². The van der Waals surface area contributed by atoms with Gasteiger partial charge in [0.2, 0.25) is 0 Å². The van der Waals surface area contributed by atoms with Gasteiger partial charge in [-0.05, 0) is 17.7 Å². The van der Waals surface area contributed by atoms with Gasteiger partial charge in [0.25, 0.3) is 0 Å². The first-order valence-electron chi connectivity index (χ1n) is 7.84. The average molecular weight is 516 g/mol. The lowest BCUT2D eigenvalue weighted by atomic mass is 9.84. The number of benzene rings is 1. The molecule has 0 unspecified atom stereocenters. The molecule has 27 heavy (non-hydrogen) atoms. The van der Waals surface area contributed by atoms with Gasteiger partial charge in [-0.3, -0.25) is 4.99 Å². The molecule has 150 valence electrons. The predicted octanol–water partition coefficient (Wildman–Crippen LogP) is 4.56. The fourth-order valence-electron chi connectivity index (χ4n) is 2.21. The maximum atomic E-state index is 13.1. The maximum Gasteiger partial charge on any atom is 0.434 e. The molecule has 1 aromatic heterocycles. The maximum absolute atomic E-state index is 13.1. The Bertz CT molecular complexity index is 757. The third kappa shape index (κ3) is 6.91. The lowest BCUT2D eigenvalue weighted by Crippen LogP contribution is -2.43. The SMILES string of the molecule is CN=C(NCc1nc(C(F)(F)F)cs1)NCC(C)(C)c1ccc(F)cc1.I. The van der Waals surface area contributed by atoms with E-state index in [9.17, 15) is 17.6 Å². The van der Waals surface area contributed by atoms with Gasteiger partial charge in [0.15, 0.2) is 11.7 Å². The quantitative estimate of drug-likeness (QED) is 0.265. The summed E-state index contributed by atoms with van der Waals surface area (Å²) in [6, 6.07) is 6.26. The molecule has 4 nitrogen and oxygen atoms in total. The van der Waals surface area contributed by atoms with E-state index in [1.165, 1.54) is 12.1 Å². The highest BCUT2D eigenvalue weighted by atomic mass is 127. The summed E-state index contributed by atoms with van der Waals surface area (Å²) >= 11 is 0.939. The van der Waals surface area contributed by atoms with E-state index < -0.39 is 11.9 Å². The van der Waals surface area contributed by atoms with Crippen LogP contribution in [0.3, 0.4) is 0 Å². The highest BCUT2D eigenvalue weighted by molar-refractivity contribution is 14.0. The van der Waals surface area contributed by atoms with Gasteiger partial charge in [-0.25, -0.2) is 9.37 Å². The number of guanidine groups is 1. The van der Waals surface area contributed by atoms with Crippen molar-refractivity contribution >= 4 is 41.3 Å². The average Bonchev–Trinajstić information content (AvgIpc) is 3.04. The highest BCUT2D eigenvalue weighted by Crippen LogP contribution is 2.29. The first kappa shape index (κ1) is 23.6. The van der Waals surface area contributed by atoms with Crippen molar-refractivity contribution in [3.8, 4) is 0 Å². The molecule has 1 aromatic carbocycles.